The van der Waals surface area contributed by atoms with E-state index in [1.807, 2.05) is 69.8 Å². The van der Waals surface area contributed by atoms with Crippen molar-refractivity contribution in [2.45, 2.75) is 58.2 Å². The van der Waals surface area contributed by atoms with E-state index in [4.69, 9.17) is 31.2 Å². The Kier molecular flexibility index (Phi) is 9.24. The Morgan fingerprint density at radius 2 is 1.89 bits per heavy atom. The molecule has 1 unspecified atom stereocenters. The number of likely N-dealkylation sites (tertiary alicyclic amines) is 1. The van der Waals surface area contributed by atoms with E-state index in [1.165, 1.54) is 0 Å². The van der Waals surface area contributed by atoms with E-state index in [0.717, 1.165) is 93.2 Å². The number of carboxylic acids is 1. The van der Waals surface area contributed by atoms with Gasteiger partial charge in [-0.25, -0.2) is 9.78 Å². The number of nitrogens with zero attached hydrogens (tertiary/aromatic N) is 4. The number of piperidine rings is 1. The third kappa shape index (κ3) is 6.57. The number of ether oxygens (including phenoxy) is 2. The van der Waals surface area contributed by atoms with Crippen molar-refractivity contribution < 1.29 is 19.4 Å². The molecule has 10 heteroatoms. The van der Waals surface area contributed by atoms with E-state index in [0.29, 0.717) is 16.5 Å². The van der Waals surface area contributed by atoms with Crippen LogP contribution in [0.15, 0.2) is 48.5 Å². The van der Waals surface area contributed by atoms with E-state index in [-0.39, 0.29) is 0 Å². The van der Waals surface area contributed by atoms with Crippen LogP contribution in [0.5, 0.6) is 0 Å². The Labute approximate surface area is 278 Å². The average Bonchev–Trinajstić information content (AvgIpc) is 3.59. The number of aryl methyl sites for hydroxylation is 2. The fraction of sp³-hybridized carbons (Fsp3) is 0.417. The minimum Gasteiger partial charge on any atom is -0.479 e. The average molecular weight is 661 g/mol. The third-order valence-corrected chi connectivity index (χ3v) is 10.0. The van der Waals surface area contributed by atoms with Crippen molar-refractivity contribution in [1.29, 1.82) is 0 Å². The van der Waals surface area contributed by atoms with Gasteiger partial charge < -0.3 is 19.5 Å². The lowest BCUT2D eigenvalue weighted by atomic mass is 9.91. The summed E-state index contributed by atoms with van der Waals surface area (Å²) in [6.45, 7) is 11.3. The topological polar surface area (TPSA) is 89.7 Å². The van der Waals surface area contributed by atoms with Crippen molar-refractivity contribution in [3.05, 3.63) is 70.4 Å². The summed E-state index contributed by atoms with van der Waals surface area (Å²) in [4.78, 5) is 20.3. The summed E-state index contributed by atoms with van der Waals surface area (Å²) in [6, 6.07) is 16.0. The number of carboxylic acid groups (broad SMARTS) is 1. The van der Waals surface area contributed by atoms with Gasteiger partial charge in [-0.1, -0.05) is 23.7 Å². The van der Waals surface area contributed by atoms with E-state index in [9.17, 15) is 9.90 Å². The molecule has 0 spiro atoms. The molecule has 1 aliphatic rings. The van der Waals surface area contributed by atoms with Crippen LogP contribution in [-0.4, -0.2) is 69.7 Å². The fourth-order valence-corrected chi connectivity index (χ4v) is 7.84. The summed E-state index contributed by atoms with van der Waals surface area (Å²) in [7, 11) is 3.76. The highest BCUT2D eigenvalue weighted by Gasteiger charge is 2.32. The van der Waals surface area contributed by atoms with Gasteiger partial charge in [0.2, 0.25) is 0 Å². The first kappa shape index (κ1) is 32.6. The highest BCUT2D eigenvalue weighted by Crippen LogP contribution is 2.45. The number of aliphatic carboxylic acids is 1. The molecule has 0 aliphatic carbocycles. The number of thiazole rings is 1. The van der Waals surface area contributed by atoms with Gasteiger partial charge in [-0.2, -0.15) is 5.10 Å². The predicted octanol–water partition coefficient (Wildman–Crippen LogP) is 8.25. The summed E-state index contributed by atoms with van der Waals surface area (Å²) in [6.07, 6.45) is 1.08. The first-order valence-corrected chi connectivity index (χ1v) is 16.9. The molecule has 1 fully saturated rings. The molecule has 3 heterocycles. The number of benzene rings is 3. The van der Waals surface area contributed by atoms with Gasteiger partial charge in [0.25, 0.3) is 0 Å². The van der Waals surface area contributed by atoms with Crippen LogP contribution in [0.4, 0.5) is 0 Å². The number of halogens is 1. The number of aromatic nitrogens is 3. The molecule has 0 bridgehead atoms. The van der Waals surface area contributed by atoms with Gasteiger partial charge in [0.1, 0.15) is 5.01 Å². The zero-order valence-corrected chi connectivity index (χ0v) is 28.8. The number of methoxy groups -OCH3 is 1. The Hall–Kier alpha value is -3.34. The monoisotopic (exact) mass is 660 g/mol. The number of hydrogen-bond donors (Lipinski definition) is 1. The normalized spacial score (nSPS) is 16.8. The lowest BCUT2D eigenvalue weighted by molar-refractivity contribution is -0.160. The molecule has 46 heavy (non-hydrogen) atoms. The maximum Gasteiger partial charge on any atom is 0.337 e. The molecule has 242 valence electrons. The Morgan fingerprint density at radius 1 is 1.15 bits per heavy atom. The van der Waals surface area contributed by atoms with Crippen LogP contribution in [0.2, 0.25) is 5.02 Å². The van der Waals surface area contributed by atoms with Crippen molar-refractivity contribution in [1.82, 2.24) is 19.7 Å². The van der Waals surface area contributed by atoms with Gasteiger partial charge >= 0.3 is 5.97 Å². The second-order valence-electron chi connectivity index (χ2n) is 13.2. The van der Waals surface area contributed by atoms with Gasteiger partial charge in [-0.15, -0.1) is 11.3 Å². The summed E-state index contributed by atoms with van der Waals surface area (Å²) in [5.41, 5.74) is 6.51. The zero-order valence-electron chi connectivity index (χ0n) is 27.3. The van der Waals surface area contributed by atoms with Crippen LogP contribution >= 0.6 is 22.9 Å². The molecule has 6 rings (SSSR count). The smallest absolute Gasteiger partial charge is 0.337 e. The summed E-state index contributed by atoms with van der Waals surface area (Å²) < 4.78 is 14.4. The predicted molar refractivity (Wildman–Crippen MR) is 186 cm³/mol. The number of rotatable bonds is 9. The number of fused-ring (bicyclic) bond motifs is 2. The van der Waals surface area contributed by atoms with Gasteiger partial charge in [0.15, 0.2) is 6.10 Å². The van der Waals surface area contributed by atoms with Crippen molar-refractivity contribution in [3.8, 4) is 21.7 Å². The molecule has 0 saturated carbocycles. The van der Waals surface area contributed by atoms with Crippen molar-refractivity contribution in [2.75, 3.05) is 33.4 Å². The van der Waals surface area contributed by atoms with Gasteiger partial charge in [0, 0.05) is 60.3 Å². The van der Waals surface area contributed by atoms with Crippen LogP contribution < -0.4 is 0 Å². The largest absolute Gasteiger partial charge is 0.479 e. The van der Waals surface area contributed by atoms with E-state index in [2.05, 4.69) is 23.1 Å². The van der Waals surface area contributed by atoms with Gasteiger partial charge in [-0.05, 0) is 94.6 Å². The Bertz CT molecular complexity index is 1890. The van der Waals surface area contributed by atoms with Crippen LogP contribution in [0.3, 0.4) is 0 Å². The summed E-state index contributed by atoms with van der Waals surface area (Å²) in [5, 5.41) is 18.1. The van der Waals surface area contributed by atoms with Crippen LogP contribution in [-0.2, 0) is 21.3 Å². The minimum absolute atomic E-state index is 0.345. The quantitative estimate of drug-likeness (QED) is 0.170. The molecule has 5 aromatic rings. The molecule has 3 aromatic carbocycles. The molecular formula is C36H41ClN4O4S. The van der Waals surface area contributed by atoms with Gasteiger partial charge in [-0.3, -0.25) is 4.68 Å². The van der Waals surface area contributed by atoms with Crippen LogP contribution in [0, 0.1) is 6.92 Å². The SMILES string of the molecule is COCCN1CCCC(c2nn(C)c3ccc(-c4nc5cc(C)c([C@H](OC(C)(C)C)C(=O)O)c(-c6ccc(Cl)cc6)c5s4)cc23)C1. The second kappa shape index (κ2) is 13.0. The molecule has 2 atom stereocenters. The Balaban J connectivity index is 1.49. The molecule has 1 N–H and O–H groups in total. The fourth-order valence-electron chi connectivity index (χ4n) is 6.59. The summed E-state index contributed by atoms with van der Waals surface area (Å²) in [5.74, 6) is -0.687. The van der Waals surface area contributed by atoms with E-state index < -0.39 is 17.7 Å². The van der Waals surface area contributed by atoms with Crippen molar-refractivity contribution in [2.24, 2.45) is 7.05 Å². The van der Waals surface area contributed by atoms with Crippen molar-refractivity contribution in [3.63, 3.8) is 0 Å². The maximum atomic E-state index is 12.7. The standard InChI is InChI=1S/C36H41ClN4O4S/c1-21-18-27-33(30(22-9-12-25(37)13-10-22)29(21)32(35(42)43)45-36(2,3)4)46-34(38-27)23-11-14-28-26(19-23)31(39-40(28)5)24-8-7-15-41(20-24)16-17-44-6/h9-14,18-19,24,32H,7-8,15-17,20H2,1-6H3,(H,42,43)/t24?,32-/m0/s1. The van der Waals surface area contributed by atoms with E-state index >= 15 is 0 Å². The van der Waals surface area contributed by atoms with E-state index in [1.54, 1.807) is 18.4 Å². The maximum absolute atomic E-state index is 12.7. The van der Waals surface area contributed by atoms with Gasteiger partial charge in [0.05, 0.1) is 33.6 Å². The first-order valence-electron chi connectivity index (χ1n) is 15.7. The van der Waals surface area contributed by atoms with Crippen LogP contribution in [0.1, 0.15) is 62.5 Å². The second-order valence-corrected chi connectivity index (χ2v) is 14.6. The highest BCUT2D eigenvalue weighted by atomic mass is 35.5. The number of hydrogen-bond acceptors (Lipinski definition) is 7. The molecule has 0 radical (unpaired) electrons. The first-order chi connectivity index (χ1) is 21.9. The summed E-state index contributed by atoms with van der Waals surface area (Å²) >= 11 is 7.85. The zero-order chi connectivity index (χ0) is 32.7. The molecule has 8 nitrogen and oxygen atoms in total. The van der Waals surface area contributed by atoms with Crippen LogP contribution in [0.25, 0.3) is 42.8 Å². The molecule has 1 aliphatic heterocycles. The number of carbonyl (C=O) groups is 1. The third-order valence-electron chi connectivity index (χ3n) is 8.65. The molecule has 2 aromatic heterocycles. The lowest BCUT2D eigenvalue weighted by Crippen LogP contribution is -2.36. The molecular weight excluding hydrogens is 620 g/mol. The minimum atomic E-state index is -1.16. The lowest BCUT2D eigenvalue weighted by Gasteiger charge is -2.31. The highest BCUT2D eigenvalue weighted by molar-refractivity contribution is 7.22. The van der Waals surface area contributed by atoms with Crippen molar-refractivity contribution >= 4 is 50.0 Å². The molecule has 0 amide bonds. The Morgan fingerprint density at radius 3 is 2.59 bits per heavy atom. The molecule has 1 saturated heterocycles.